The Balaban J connectivity index is 2.85. The molecule has 0 radical (unpaired) electrons. The van der Waals surface area contributed by atoms with Crippen LogP contribution in [0.3, 0.4) is 0 Å². The number of fused-ring (bicyclic) bond motifs is 1. The highest BCUT2D eigenvalue weighted by Crippen LogP contribution is 2.26. The number of nitrogens with one attached hydrogen (secondary N) is 1. The summed E-state index contributed by atoms with van der Waals surface area (Å²) in [5.74, 6) is 0.826. The quantitative estimate of drug-likeness (QED) is 0.783. The average Bonchev–Trinajstić information content (AvgIpc) is 2.42. The molecule has 0 bridgehead atoms. The molecule has 2 rings (SSSR count). The van der Waals surface area contributed by atoms with Crippen LogP contribution in [-0.2, 0) is 7.05 Å². The Hall–Kier alpha value is -1.22. The summed E-state index contributed by atoms with van der Waals surface area (Å²) in [7, 11) is 3.80. The fourth-order valence-corrected chi connectivity index (χ4v) is 2.05. The molecule has 0 aliphatic carbocycles. The third-order valence-corrected chi connectivity index (χ3v) is 2.58. The number of nitrogens with zero attached hydrogens (tertiary/aromatic N) is 2. The lowest BCUT2D eigenvalue weighted by Gasteiger charge is -2.01. The Kier molecular flexibility index (Phi) is 2.11. The molecule has 0 spiro atoms. The summed E-state index contributed by atoms with van der Waals surface area (Å²) >= 11 is 6.15. The van der Waals surface area contributed by atoms with E-state index in [4.69, 9.17) is 11.6 Å². The molecule has 0 amide bonds. The van der Waals surface area contributed by atoms with E-state index in [0.29, 0.717) is 0 Å². The first kappa shape index (κ1) is 9.34. The molecular formula is C10H12ClN3. The van der Waals surface area contributed by atoms with Crippen LogP contribution in [0.25, 0.3) is 11.0 Å². The molecule has 1 N–H and O–H groups in total. The van der Waals surface area contributed by atoms with Crippen LogP contribution in [0.4, 0.5) is 5.95 Å². The van der Waals surface area contributed by atoms with Gasteiger partial charge in [-0.25, -0.2) is 4.98 Å². The van der Waals surface area contributed by atoms with Crippen molar-refractivity contribution >= 4 is 28.6 Å². The van der Waals surface area contributed by atoms with E-state index in [2.05, 4.69) is 10.3 Å². The minimum Gasteiger partial charge on any atom is -0.359 e. The Labute approximate surface area is 87.7 Å². The number of hydrogen-bond donors (Lipinski definition) is 1. The highest BCUT2D eigenvalue weighted by Gasteiger charge is 2.09. The number of anilines is 1. The van der Waals surface area contributed by atoms with Gasteiger partial charge in [0, 0.05) is 14.1 Å². The van der Waals surface area contributed by atoms with Gasteiger partial charge in [0.25, 0.3) is 0 Å². The number of halogens is 1. The van der Waals surface area contributed by atoms with Gasteiger partial charge in [0.15, 0.2) is 0 Å². The number of benzene rings is 1. The molecule has 0 atom stereocenters. The van der Waals surface area contributed by atoms with Crippen LogP contribution in [0.5, 0.6) is 0 Å². The molecule has 4 heteroatoms. The Morgan fingerprint density at radius 3 is 2.79 bits per heavy atom. The zero-order valence-electron chi connectivity index (χ0n) is 8.43. The van der Waals surface area contributed by atoms with Crippen LogP contribution in [0.1, 0.15) is 5.56 Å². The molecule has 1 aromatic heterocycles. The van der Waals surface area contributed by atoms with Crippen molar-refractivity contribution in [1.82, 2.24) is 9.55 Å². The lowest BCUT2D eigenvalue weighted by molar-refractivity contribution is 0.952. The molecule has 1 aromatic carbocycles. The average molecular weight is 210 g/mol. The minimum atomic E-state index is 0.747. The zero-order valence-corrected chi connectivity index (χ0v) is 9.18. The van der Waals surface area contributed by atoms with Crippen molar-refractivity contribution in [2.45, 2.75) is 6.92 Å². The van der Waals surface area contributed by atoms with E-state index in [1.165, 1.54) is 0 Å². The molecule has 0 aliphatic rings. The van der Waals surface area contributed by atoms with Crippen LogP contribution in [0, 0.1) is 6.92 Å². The lowest BCUT2D eigenvalue weighted by atomic mass is 10.2. The van der Waals surface area contributed by atoms with Gasteiger partial charge in [-0.2, -0.15) is 0 Å². The number of hydrogen-bond acceptors (Lipinski definition) is 2. The van der Waals surface area contributed by atoms with Gasteiger partial charge in [-0.15, -0.1) is 0 Å². The van der Waals surface area contributed by atoms with E-state index < -0.39 is 0 Å². The van der Waals surface area contributed by atoms with Gasteiger partial charge < -0.3 is 9.88 Å². The first-order valence-corrected chi connectivity index (χ1v) is 4.81. The molecule has 0 saturated carbocycles. The van der Waals surface area contributed by atoms with Gasteiger partial charge in [-0.3, -0.25) is 0 Å². The van der Waals surface area contributed by atoms with Gasteiger partial charge in [-0.1, -0.05) is 11.6 Å². The molecular weight excluding hydrogens is 198 g/mol. The monoisotopic (exact) mass is 209 g/mol. The van der Waals surface area contributed by atoms with Crippen molar-refractivity contribution in [3.63, 3.8) is 0 Å². The van der Waals surface area contributed by atoms with E-state index >= 15 is 0 Å². The predicted octanol–water partition coefficient (Wildman–Crippen LogP) is 2.58. The van der Waals surface area contributed by atoms with Crippen molar-refractivity contribution in [2.75, 3.05) is 12.4 Å². The van der Waals surface area contributed by atoms with Crippen LogP contribution in [-0.4, -0.2) is 16.6 Å². The second-order valence-electron chi connectivity index (χ2n) is 3.36. The maximum absolute atomic E-state index is 6.15. The number of aryl methyl sites for hydroxylation is 2. The fraction of sp³-hybridized carbons (Fsp3) is 0.300. The van der Waals surface area contributed by atoms with Crippen LogP contribution in [0.15, 0.2) is 12.1 Å². The Morgan fingerprint density at radius 2 is 2.14 bits per heavy atom. The normalized spacial score (nSPS) is 10.9. The standard InChI is InChI=1S/C10H12ClN3/c1-6-4-7(11)9-8(5-6)13-10(12-2)14(9)3/h4-5H,1-3H3,(H,12,13). The second-order valence-corrected chi connectivity index (χ2v) is 3.77. The van der Waals surface area contributed by atoms with Crippen molar-refractivity contribution in [3.8, 4) is 0 Å². The number of aromatic nitrogens is 2. The molecule has 0 unspecified atom stereocenters. The van der Waals surface area contributed by atoms with E-state index in [9.17, 15) is 0 Å². The van der Waals surface area contributed by atoms with Crippen molar-refractivity contribution in [2.24, 2.45) is 7.05 Å². The highest BCUT2D eigenvalue weighted by molar-refractivity contribution is 6.35. The van der Waals surface area contributed by atoms with Crippen LogP contribution >= 0.6 is 11.6 Å². The predicted molar refractivity (Wildman–Crippen MR) is 60.0 cm³/mol. The summed E-state index contributed by atoms with van der Waals surface area (Å²) in [6.07, 6.45) is 0. The molecule has 1 heterocycles. The number of imidazole rings is 1. The summed E-state index contributed by atoms with van der Waals surface area (Å²) in [6.45, 7) is 2.01. The third kappa shape index (κ3) is 1.24. The van der Waals surface area contributed by atoms with Crippen LogP contribution in [0.2, 0.25) is 5.02 Å². The first-order chi connectivity index (χ1) is 6.63. The smallest absolute Gasteiger partial charge is 0.203 e. The van der Waals surface area contributed by atoms with Gasteiger partial charge >= 0.3 is 0 Å². The van der Waals surface area contributed by atoms with E-state index in [-0.39, 0.29) is 0 Å². The molecule has 3 nitrogen and oxygen atoms in total. The highest BCUT2D eigenvalue weighted by atomic mass is 35.5. The van der Waals surface area contributed by atoms with E-state index in [1.54, 1.807) is 0 Å². The topological polar surface area (TPSA) is 29.9 Å². The maximum Gasteiger partial charge on any atom is 0.203 e. The van der Waals surface area contributed by atoms with Gasteiger partial charge in [0.2, 0.25) is 5.95 Å². The summed E-state index contributed by atoms with van der Waals surface area (Å²) in [5.41, 5.74) is 3.03. The Bertz CT molecular complexity index is 488. The summed E-state index contributed by atoms with van der Waals surface area (Å²) in [6, 6.07) is 3.98. The minimum absolute atomic E-state index is 0.747. The molecule has 0 aliphatic heterocycles. The van der Waals surface area contributed by atoms with E-state index in [1.807, 2.05) is 37.7 Å². The van der Waals surface area contributed by atoms with Crippen molar-refractivity contribution in [1.29, 1.82) is 0 Å². The second kappa shape index (κ2) is 3.17. The van der Waals surface area contributed by atoms with Crippen molar-refractivity contribution in [3.05, 3.63) is 22.7 Å². The summed E-state index contributed by atoms with van der Waals surface area (Å²) in [4.78, 5) is 4.42. The third-order valence-electron chi connectivity index (χ3n) is 2.29. The van der Waals surface area contributed by atoms with Gasteiger partial charge in [-0.05, 0) is 24.6 Å². The molecule has 0 fully saturated rings. The largest absolute Gasteiger partial charge is 0.359 e. The maximum atomic E-state index is 6.15. The molecule has 0 saturated heterocycles. The lowest BCUT2D eigenvalue weighted by Crippen LogP contribution is -1.97. The SMILES string of the molecule is CNc1nc2cc(C)cc(Cl)c2n1C. The zero-order chi connectivity index (χ0) is 10.3. The molecule has 2 aromatic rings. The summed E-state index contributed by atoms with van der Waals surface area (Å²) in [5, 5.41) is 3.77. The number of rotatable bonds is 1. The summed E-state index contributed by atoms with van der Waals surface area (Å²) < 4.78 is 1.96. The molecule has 14 heavy (non-hydrogen) atoms. The first-order valence-electron chi connectivity index (χ1n) is 4.44. The van der Waals surface area contributed by atoms with E-state index in [0.717, 1.165) is 27.6 Å². The molecule has 74 valence electrons. The van der Waals surface area contributed by atoms with Gasteiger partial charge in [0.05, 0.1) is 16.1 Å². The van der Waals surface area contributed by atoms with Crippen molar-refractivity contribution < 1.29 is 0 Å². The fourth-order valence-electron chi connectivity index (χ4n) is 1.65. The van der Waals surface area contributed by atoms with Gasteiger partial charge in [0.1, 0.15) is 0 Å². The Morgan fingerprint density at radius 1 is 1.43 bits per heavy atom. The van der Waals surface area contributed by atoms with Crippen LogP contribution < -0.4 is 5.32 Å².